The smallest absolute Gasteiger partial charge is 0.246 e. The van der Waals surface area contributed by atoms with Gasteiger partial charge in [-0.15, -0.1) is 0 Å². The van der Waals surface area contributed by atoms with E-state index in [0.717, 1.165) is 6.54 Å². The summed E-state index contributed by atoms with van der Waals surface area (Å²) in [6, 6.07) is 1.62. The largest absolute Gasteiger partial charge is 0.464 e. The molecule has 6 heteroatoms. The molecule has 0 aliphatic carbocycles. The van der Waals surface area contributed by atoms with Crippen LogP contribution in [0.3, 0.4) is 0 Å². The molecule has 1 aromatic heterocycles. The van der Waals surface area contributed by atoms with Gasteiger partial charge < -0.3 is 9.73 Å². The van der Waals surface area contributed by atoms with Crippen LogP contribution in [0.5, 0.6) is 0 Å². The average molecular weight is 302 g/mol. The third kappa shape index (κ3) is 4.33. The zero-order valence-corrected chi connectivity index (χ0v) is 14.1. The Kier molecular flexibility index (Phi) is 5.40. The monoisotopic (exact) mass is 302 g/mol. The standard InChI is InChI=1S/C14H26N2O3S/c1-7-15-9-12-8-13(11(2)19-12)20(17,18)16(6)10-14(3,4)5/h8,15H,7,9-10H2,1-6H3. The van der Waals surface area contributed by atoms with Crippen LogP contribution in [0.4, 0.5) is 0 Å². The van der Waals surface area contributed by atoms with Crippen molar-refractivity contribution in [2.45, 2.75) is 46.1 Å². The first-order valence-corrected chi connectivity index (χ1v) is 8.28. The number of rotatable bonds is 6. The van der Waals surface area contributed by atoms with Crippen LogP contribution in [0.15, 0.2) is 15.4 Å². The van der Waals surface area contributed by atoms with Gasteiger partial charge >= 0.3 is 0 Å². The molecule has 5 nitrogen and oxygen atoms in total. The fourth-order valence-corrected chi connectivity index (χ4v) is 3.61. The molecule has 0 radical (unpaired) electrons. The Bertz CT molecular complexity index is 541. The molecule has 0 amide bonds. The summed E-state index contributed by atoms with van der Waals surface area (Å²) in [5.41, 5.74) is -0.0912. The number of nitrogens with zero attached hydrogens (tertiary/aromatic N) is 1. The van der Waals surface area contributed by atoms with E-state index in [1.165, 1.54) is 4.31 Å². The van der Waals surface area contributed by atoms with Gasteiger partial charge in [0.15, 0.2) is 0 Å². The Morgan fingerprint density at radius 3 is 2.45 bits per heavy atom. The zero-order valence-electron chi connectivity index (χ0n) is 13.3. The molecule has 0 saturated carbocycles. The van der Waals surface area contributed by atoms with Crippen LogP contribution in [-0.2, 0) is 16.6 Å². The van der Waals surface area contributed by atoms with Crippen molar-refractivity contribution < 1.29 is 12.8 Å². The minimum atomic E-state index is -3.50. The van der Waals surface area contributed by atoms with Gasteiger partial charge in [-0.05, 0) is 18.9 Å². The topological polar surface area (TPSA) is 62.6 Å². The molecule has 0 atom stereocenters. The molecule has 116 valence electrons. The predicted molar refractivity (Wildman–Crippen MR) is 80.1 cm³/mol. The third-order valence-corrected chi connectivity index (χ3v) is 4.77. The fourth-order valence-electron chi connectivity index (χ4n) is 2.04. The highest BCUT2D eigenvalue weighted by Crippen LogP contribution is 2.25. The summed E-state index contributed by atoms with van der Waals surface area (Å²) >= 11 is 0. The number of sulfonamides is 1. The van der Waals surface area contributed by atoms with Gasteiger partial charge in [-0.3, -0.25) is 0 Å². The van der Waals surface area contributed by atoms with E-state index in [-0.39, 0.29) is 10.3 Å². The summed E-state index contributed by atoms with van der Waals surface area (Å²) in [7, 11) is -1.89. The lowest BCUT2D eigenvalue weighted by Crippen LogP contribution is -2.34. The summed E-state index contributed by atoms with van der Waals surface area (Å²) in [6.07, 6.45) is 0. The molecule has 1 heterocycles. The summed E-state index contributed by atoms with van der Waals surface area (Å²) in [5.74, 6) is 1.09. The summed E-state index contributed by atoms with van der Waals surface area (Å²) in [6.45, 7) is 11.5. The number of hydrogen-bond acceptors (Lipinski definition) is 4. The van der Waals surface area contributed by atoms with Crippen molar-refractivity contribution in [2.24, 2.45) is 5.41 Å². The van der Waals surface area contributed by atoms with E-state index >= 15 is 0 Å². The van der Waals surface area contributed by atoms with Crippen LogP contribution >= 0.6 is 0 Å². The van der Waals surface area contributed by atoms with Crippen LogP contribution in [0.25, 0.3) is 0 Å². The molecule has 0 spiro atoms. The first kappa shape index (κ1) is 17.2. The second-order valence-corrected chi connectivity index (χ2v) is 8.25. The van der Waals surface area contributed by atoms with Gasteiger partial charge in [0.25, 0.3) is 0 Å². The van der Waals surface area contributed by atoms with E-state index in [2.05, 4.69) is 5.32 Å². The van der Waals surface area contributed by atoms with Crippen LogP contribution in [0, 0.1) is 12.3 Å². The van der Waals surface area contributed by atoms with E-state index in [1.807, 2.05) is 27.7 Å². The zero-order chi connectivity index (χ0) is 15.6. The predicted octanol–water partition coefficient (Wildman–Crippen LogP) is 2.36. The SMILES string of the molecule is CCNCc1cc(S(=O)(=O)N(C)CC(C)(C)C)c(C)o1. The van der Waals surface area contributed by atoms with Crippen molar-refractivity contribution in [1.82, 2.24) is 9.62 Å². The molecule has 0 aromatic carbocycles. The maximum absolute atomic E-state index is 12.6. The molecule has 0 saturated heterocycles. The Balaban J connectivity index is 3.00. The molecule has 1 rings (SSSR count). The van der Waals surface area contributed by atoms with Crippen molar-refractivity contribution >= 4 is 10.0 Å². The normalized spacial score (nSPS) is 13.2. The Hall–Kier alpha value is -0.850. The maximum atomic E-state index is 12.6. The molecular formula is C14H26N2O3S. The molecule has 1 N–H and O–H groups in total. The molecule has 0 aliphatic heterocycles. The Morgan fingerprint density at radius 2 is 1.95 bits per heavy atom. The number of furan rings is 1. The van der Waals surface area contributed by atoms with Gasteiger partial charge in [0.05, 0.1) is 6.54 Å². The molecular weight excluding hydrogens is 276 g/mol. The number of nitrogens with one attached hydrogen (secondary N) is 1. The summed E-state index contributed by atoms with van der Waals surface area (Å²) in [4.78, 5) is 0.261. The van der Waals surface area contributed by atoms with Crippen molar-refractivity contribution in [3.8, 4) is 0 Å². The van der Waals surface area contributed by atoms with Crippen LogP contribution < -0.4 is 5.32 Å². The van der Waals surface area contributed by atoms with Gasteiger partial charge in [0, 0.05) is 19.7 Å². The minimum absolute atomic E-state index is 0.0912. The van der Waals surface area contributed by atoms with Crippen LogP contribution in [-0.4, -0.2) is 32.9 Å². The first-order valence-electron chi connectivity index (χ1n) is 6.84. The fraction of sp³-hybridized carbons (Fsp3) is 0.714. The Morgan fingerprint density at radius 1 is 1.35 bits per heavy atom. The van der Waals surface area contributed by atoms with Gasteiger partial charge in [-0.1, -0.05) is 27.7 Å². The molecule has 0 aliphatic rings. The van der Waals surface area contributed by atoms with Crippen LogP contribution in [0.2, 0.25) is 0 Å². The van der Waals surface area contributed by atoms with Gasteiger partial charge in [-0.2, -0.15) is 0 Å². The molecule has 1 aromatic rings. The highest BCUT2D eigenvalue weighted by molar-refractivity contribution is 7.89. The van der Waals surface area contributed by atoms with Gasteiger partial charge in [0.2, 0.25) is 10.0 Å². The highest BCUT2D eigenvalue weighted by Gasteiger charge is 2.28. The third-order valence-electron chi connectivity index (χ3n) is 2.86. The average Bonchev–Trinajstić information content (AvgIpc) is 2.66. The second-order valence-electron chi connectivity index (χ2n) is 6.24. The second kappa shape index (κ2) is 6.28. The molecule has 20 heavy (non-hydrogen) atoms. The molecule has 0 fully saturated rings. The van der Waals surface area contributed by atoms with Gasteiger partial charge in [0.1, 0.15) is 16.4 Å². The van der Waals surface area contributed by atoms with Crippen LogP contribution in [0.1, 0.15) is 39.2 Å². The summed E-state index contributed by atoms with van der Waals surface area (Å²) < 4.78 is 32.0. The van der Waals surface area contributed by atoms with E-state index in [4.69, 9.17) is 4.42 Å². The summed E-state index contributed by atoms with van der Waals surface area (Å²) in [5, 5.41) is 3.12. The lowest BCUT2D eigenvalue weighted by Gasteiger charge is -2.25. The molecule has 0 bridgehead atoms. The van der Waals surface area contributed by atoms with Crippen molar-refractivity contribution in [3.63, 3.8) is 0 Å². The number of aryl methyl sites for hydroxylation is 1. The highest BCUT2D eigenvalue weighted by atomic mass is 32.2. The van der Waals surface area contributed by atoms with E-state index in [0.29, 0.717) is 24.6 Å². The lowest BCUT2D eigenvalue weighted by atomic mass is 9.97. The van der Waals surface area contributed by atoms with Crippen molar-refractivity contribution in [1.29, 1.82) is 0 Å². The molecule has 0 unspecified atom stereocenters. The first-order chi connectivity index (χ1) is 9.08. The lowest BCUT2D eigenvalue weighted by molar-refractivity contribution is 0.310. The number of hydrogen-bond donors (Lipinski definition) is 1. The van der Waals surface area contributed by atoms with E-state index < -0.39 is 10.0 Å². The minimum Gasteiger partial charge on any atom is -0.464 e. The quantitative estimate of drug-likeness (QED) is 0.876. The van der Waals surface area contributed by atoms with E-state index in [1.54, 1.807) is 20.0 Å². The Labute approximate surface area is 122 Å². The van der Waals surface area contributed by atoms with Crippen molar-refractivity contribution in [3.05, 3.63) is 17.6 Å². The van der Waals surface area contributed by atoms with E-state index in [9.17, 15) is 8.42 Å². The van der Waals surface area contributed by atoms with Crippen molar-refractivity contribution in [2.75, 3.05) is 20.1 Å². The maximum Gasteiger partial charge on any atom is 0.246 e. The van der Waals surface area contributed by atoms with Gasteiger partial charge in [-0.25, -0.2) is 12.7 Å².